The van der Waals surface area contributed by atoms with Crippen LogP contribution in [0.4, 0.5) is 8.78 Å². The molecule has 1 aromatic rings. The first-order valence-electron chi connectivity index (χ1n) is 5.56. The molecule has 18 heavy (non-hydrogen) atoms. The standard InChI is InChI=1S/C12H16BrF2NO2/c1-3-16-6-8-4-9(13)12(10(5-8)17-2)18-7-11(14)15/h4-5,11,16H,3,6-7H2,1-2H3. The van der Waals surface area contributed by atoms with Crippen molar-refractivity contribution in [2.24, 2.45) is 0 Å². The van der Waals surface area contributed by atoms with Gasteiger partial charge in [0.05, 0.1) is 11.6 Å². The Morgan fingerprint density at radius 3 is 2.67 bits per heavy atom. The number of hydrogen-bond acceptors (Lipinski definition) is 3. The predicted octanol–water partition coefficient (Wildman–Crippen LogP) is 3.21. The van der Waals surface area contributed by atoms with Gasteiger partial charge < -0.3 is 14.8 Å². The van der Waals surface area contributed by atoms with Crippen LogP contribution < -0.4 is 14.8 Å². The van der Waals surface area contributed by atoms with Gasteiger partial charge >= 0.3 is 0 Å². The van der Waals surface area contributed by atoms with Gasteiger partial charge in [-0.3, -0.25) is 0 Å². The summed E-state index contributed by atoms with van der Waals surface area (Å²) in [5.74, 6) is 0.746. The fraction of sp³-hybridized carbons (Fsp3) is 0.500. The summed E-state index contributed by atoms with van der Waals surface area (Å²) in [4.78, 5) is 0. The number of rotatable bonds is 7. The second-order valence-electron chi connectivity index (χ2n) is 3.59. The van der Waals surface area contributed by atoms with E-state index in [2.05, 4.69) is 21.2 Å². The van der Waals surface area contributed by atoms with Crippen LogP contribution in [0.25, 0.3) is 0 Å². The summed E-state index contributed by atoms with van der Waals surface area (Å²) in [6, 6.07) is 3.60. The van der Waals surface area contributed by atoms with Gasteiger partial charge in [0.25, 0.3) is 6.43 Å². The highest BCUT2D eigenvalue weighted by molar-refractivity contribution is 9.10. The quantitative estimate of drug-likeness (QED) is 0.835. The summed E-state index contributed by atoms with van der Waals surface area (Å²) in [7, 11) is 1.48. The van der Waals surface area contributed by atoms with E-state index < -0.39 is 13.0 Å². The summed E-state index contributed by atoms with van der Waals surface area (Å²) in [5, 5.41) is 3.18. The van der Waals surface area contributed by atoms with E-state index in [-0.39, 0.29) is 0 Å². The topological polar surface area (TPSA) is 30.5 Å². The Bertz CT molecular complexity index is 389. The first kappa shape index (κ1) is 15.2. The number of methoxy groups -OCH3 is 1. The second kappa shape index (κ2) is 7.53. The Morgan fingerprint density at radius 1 is 1.39 bits per heavy atom. The molecule has 0 aliphatic heterocycles. The molecule has 6 heteroatoms. The summed E-state index contributed by atoms with van der Waals surface area (Å²) in [6.45, 7) is 2.89. The van der Waals surface area contributed by atoms with Gasteiger partial charge in [-0.05, 0) is 40.2 Å². The minimum atomic E-state index is -2.51. The highest BCUT2D eigenvalue weighted by Crippen LogP contribution is 2.36. The SMILES string of the molecule is CCNCc1cc(Br)c(OCC(F)F)c(OC)c1. The van der Waals surface area contributed by atoms with E-state index in [4.69, 9.17) is 9.47 Å². The molecule has 0 fully saturated rings. The largest absolute Gasteiger partial charge is 0.493 e. The van der Waals surface area contributed by atoms with Crippen LogP contribution in [0.3, 0.4) is 0 Å². The second-order valence-corrected chi connectivity index (χ2v) is 4.45. The third kappa shape index (κ3) is 4.42. The molecule has 0 amide bonds. The third-order valence-corrected chi connectivity index (χ3v) is 2.81. The van der Waals surface area contributed by atoms with Gasteiger partial charge in [0.2, 0.25) is 0 Å². The molecule has 0 aliphatic carbocycles. The molecule has 0 saturated heterocycles. The van der Waals surface area contributed by atoms with Gasteiger partial charge in [-0.25, -0.2) is 8.78 Å². The van der Waals surface area contributed by atoms with E-state index in [9.17, 15) is 8.78 Å². The Hall–Kier alpha value is -0.880. The van der Waals surface area contributed by atoms with E-state index in [0.717, 1.165) is 12.1 Å². The lowest BCUT2D eigenvalue weighted by Crippen LogP contribution is -2.12. The Balaban J connectivity index is 2.89. The zero-order valence-corrected chi connectivity index (χ0v) is 11.9. The van der Waals surface area contributed by atoms with Crippen LogP contribution in [0.5, 0.6) is 11.5 Å². The fourth-order valence-electron chi connectivity index (χ4n) is 1.43. The van der Waals surface area contributed by atoms with Crippen molar-refractivity contribution in [3.63, 3.8) is 0 Å². The van der Waals surface area contributed by atoms with Crippen LogP contribution in [0, 0.1) is 0 Å². The van der Waals surface area contributed by atoms with Crippen molar-refractivity contribution in [1.29, 1.82) is 0 Å². The predicted molar refractivity (Wildman–Crippen MR) is 69.6 cm³/mol. The molecule has 0 unspecified atom stereocenters. The first-order chi connectivity index (χ1) is 8.58. The van der Waals surface area contributed by atoms with Gasteiger partial charge in [0.1, 0.15) is 6.61 Å². The lowest BCUT2D eigenvalue weighted by Gasteiger charge is -2.14. The smallest absolute Gasteiger partial charge is 0.272 e. The van der Waals surface area contributed by atoms with Crippen LogP contribution in [0.2, 0.25) is 0 Å². The van der Waals surface area contributed by atoms with Crippen LogP contribution in [-0.2, 0) is 6.54 Å². The summed E-state index contributed by atoms with van der Waals surface area (Å²) >= 11 is 3.30. The van der Waals surface area contributed by atoms with Gasteiger partial charge in [-0.1, -0.05) is 6.92 Å². The number of nitrogens with one attached hydrogen (secondary N) is 1. The van der Waals surface area contributed by atoms with Crippen LogP contribution in [-0.4, -0.2) is 26.7 Å². The van der Waals surface area contributed by atoms with Crippen molar-refractivity contribution >= 4 is 15.9 Å². The van der Waals surface area contributed by atoms with Crippen molar-refractivity contribution in [1.82, 2.24) is 5.32 Å². The molecule has 0 spiro atoms. The maximum absolute atomic E-state index is 12.1. The highest BCUT2D eigenvalue weighted by Gasteiger charge is 2.13. The van der Waals surface area contributed by atoms with Crippen molar-refractivity contribution in [3.8, 4) is 11.5 Å². The maximum Gasteiger partial charge on any atom is 0.272 e. The maximum atomic E-state index is 12.1. The number of hydrogen-bond donors (Lipinski definition) is 1. The van der Waals surface area contributed by atoms with Crippen molar-refractivity contribution in [3.05, 3.63) is 22.2 Å². The molecular weight excluding hydrogens is 308 g/mol. The molecular formula is C12H16BrF2NO2. The zero-order chi connectivity index (χ0) is 13.5. The number of benzene rings is 1. The van der Waals surface area contributed by atoms with E-state index >= 15 is 0 Å². The Morgan fingerprint density at radius 2 is 2.11 bits per heavy atom. The van der Waals surface area contributed by atoms with Gasteiger partial charge in [-0.15, -0.1) is 0 Å². The lowest BCUT2D eigenvalue weighted by atomic mass is 10.2. The summed E-state index contributed by atoms with van der Waals surface area (Å²) in [5.41, 5.74) is 0.991. The average Bonchev–Trinajstić information content (AvgIpc) is 2.34. The van der Waals surface area contributed by atoms with Gasteiger partial charge in [-0.2, -0.15) is 0 Å². The van der Waals surface area contributed by atoms with Crippen molar-refractivity contribution < 1.29 is 18.3 Å². The molecule has 1 rings (SSSR count). The average molecular weight is 324 g/mol. The monoisotopic (exact) mass is 323 g/mol. The molecule has 0 heterocycles. The lowest BCUT2D eigenvalue weighted by molar-refractivity contribution is 0.0800. The third-order valence-electron chi connectivity index (χ3n) is 2.22. The zero-order valence-electron chi connectivity index (χ0n) is 10.3. The molecule has 0 aliphatic rings. The molecule has 1 N–H and O–H groups in total. The molecule has 1 aromatic carbocycles. The van der Waals surface area contributed by atoms with Gasteiger partial charge in [0, 0.05) is 6.54 Å². The molecule has 0 aromatic heterocycles. The van der Waals surface area contributed by atoms with Crippen LogP contribution in [0.1, 0.15) is 12.5 Å². The van der Waals surface area contributed by atoms with Gasteiger partial charge in [0.15, 0.2) is 11.5 Å². The van der Waals surface area contributed by atoms with Crippen molar-refractivity contribution in [2.45, 2.75) is 19.9 Å². The normalized spacial score (nSPS) is 10.8. The Labute approximate surface area is 114 Å². The molecule has 0 radical (unpaired) electrons. The summed E-state index contributed by atoms with van der Waals surface area (Å²) < 4.78 is 35.1. The van der Waals surface area contributed by atoms with Crippen LogP contribution in [0.15, 0.2) is 16.6 Å². The van der Waals surface area contributed by atoms with E-state index in [1.165, 1.54) is 7.11 Å². The molecule has 3 nitrogen and oxygen atoms in total. The molecule has 102 valence electrons. The van der Waals surface area contributed by atoms with E-state index in [0.29, 0.717) is 22.5 Å². The summed E-state index contributed by atoms with van der Waals surface area (Å²) in [6.07, 6.45) is -2.51. The van der Waals surface area contributed by atoms with E-state index in [1.807, 2.05) is 13.0 Å². The number of alkyl halides is 2. The van der Waals surface area contributed by atoms with Crippen LogP contribution >= 0.6 is 15.9 Å². The fourth-order valence-corrected chi connectivity index (χ4v) is 2.03. The minimum absolute atomic E-state index is 0.304. The molecule has 0 saturated carbocycles. The minimum Gasteiger partial charge on any atom is -0.493 e. The first-order valence-corrected chi connectivity index (χ1v) is 6.35. The number of halogens is 3. The molecule has 0 bridgehead atoms. The Kier molecular flexibility index (Phi) is 6.35. The highest BCUT2D eigenvalue weighted by atomic mass is 79.9. The molecule has 0 atom stereocenters. The van der Waals surface area contributed by atoms with E-state index in [1.54, 1.807) is 6.07 Å². The number of ether oxygens (including phenoxy) is 2. The van der Waals surface area contributed by atoms with Crippen molar-refractivity contribution in [2.75, 3.05) is 20.3 Å².